The number of nitrogens with zero attached hydrogens (tertiary/aromatic N) is 2. The van der Waals surface area contributed by atoms with Crippen LogP contribution in [-0.4, -0.2) is 24.4 Å². The fourth-order valence-electron chi connectivity index (χ4n) is 2.54. The van der Waals surface area contributed by atoms with Crippen LogP contribution in [0.4, 0.5) is 0 Å². The summed E-state index contributed by atoms with van der Waals surface area (Å²) in [6, 6.07) is 2.17. The first-order chi connectivity index (χ1) is 7.49. The lowest BCUT2D eigenvalue weighted by atomic mass is 9.74. The van der Waals surface area contributed by atoms with Crippen molar-refractivity contribution >= 4 is 5.91 Å². The Morgan fingerprint density at radius 1 is 1.44 bits per heavy atom. The fraction of sp³-hybridized carbons (Fsp3) is 0.846. The molecule has 0 saturated heterocycles. The second kappa shape index (κ2) is 5.34. The second-order valence-electron chi connectivity index (χ2n) is 5.34. The van der Waals surface area contributed by atoms with E-state index in [1.165, 1.54) is 6.42 Å². The third-order valence-electron chi connectivity index (χ3n) is 3.59. The average Bonchev–Trinajstić information content (AvgIpc) is 2.28. The molecule has 1 amide bonds. The highest BCUT2D eigenvalue weighted by atomic mass is 16.2. The number of rotatable bonds is 3. The minimum atomic E-state index is -0.178. The van der Waals surface area contributed by atoms with E-state index in [2.05, 4.69) is 13.0 Å². The zero-order valence-electron chi connectivity index (χ0n) is 10.6. The Bertz CT molecular complexity index is 287. The highest BCUT2D eigenvalue weighted by Gasteiger charge is 2.36. The van der Waals surface area contributed by atoms with Crippen molar-refractivity contribution in [1.29, 1.82) is 5.26 Å². The Kier molecular flexibility index (Phi) is 4.35. The lowest BCUT2D eigenvalue weighted by Crippen LogP contribution is -2.42. The van der Waals surface area contributed by atoms with Gasteiger partial charge in [-0.3, -0.25) is 4.79 Å². The van der Waals surface area contributed by atoms with Crippen LogP contribution in [0, 0.1) is 22.7 Å². The molecule has 90 valence electrons. The molecule has 3 heteroatoms. The maximum Gasteiger partial charge on any atom is 0.228 e. The molecule has 0 aromatic rings. The Balaban J connectivity index is 2.58. The van der Waals surface area contributed by atoms with Gasteiger partial charge in [-0.05, 0) is 19.8 Å². The van der Waals surface area contributed by atoms with E-state index < -0.39 is 0 Å². The monoisotopic (exact) mass is 222 g/mol. The van der Waals surface area contributed by atoms with Crippen LogP contribution in [0.1, 0.15) is 46.0 Å². The number of hydrogen-bond donors (Lipinski definition) is 0. The van der Waals surface area contributed by atoms with Crippen molar-refractivity contribution in [2.45, 2.75) is 46.0 Å². The lowest BCUT2D eigenvalue weighted by molar-refractivity contribution is -0.142. The quantitative estimate of drug-likeness (QED) is 0.736. The van der Waals surface area contributed by atoms with Crippen molar-refractivity contribution in [3.05, 3.63) is 0 Å². The molecular weight excluding hydrogens is 200 g/mol. The zero-order chi connectivity index (χ0) is 12.2. The van der Waals surface area contributed by atoms with E-state index in [1.807, 2.05) is 14.0 Å². The predicted octanol–water partition coefficient (Wildman–Crippen LogP) is 2.57. The summed E-state index contributed by atoms with van der Waals surface area (Å²) in [6.07, 6.45) is 5.56. The smallest absolute Gasteiger partial charge is 0.228 e. The van der Waals surface area contributed by atoms with Gasteiger partial charge in [0, 0.05) is 19.0 Å². The number of hydrogen-bond acceptors (Lipinski definition) is 2. The summed E-state index contributed by atoms with van der Waals surface area (Å²) in [5, 5.41) is 8.75. The third-order valence-corrected chi connectivity index (χ3v) is 3.59. The molecule has 1 aliphatic rings. The second-order valence-corrected chi connectivity index (χ2v) is 5.34. The van der Waals surface area contributed by atoms with Crippen LogP contribution >= 0.6 is 0 Å². The van der Waals surface area contributed by atoms with Gasteiger partial charge in [-0.25, -0.2) is 0 Å². The Labute approximate surface area is 98.4 Å². The molecule has 1 fully saturated rings. The van der Waals surface area contributed by atoms with E-state index in [0.29, 0.717) is 6.54 Å². The van der Waals surface area contributed by atoms with Crippen LogP contribution in [0.25, 0.3) is 0 Å². The van der Waals surface area contributed by atoms with E-state index in [4.69, 9.17) is 5.26 Å². The van der Waals surface area contributed by atoms with Crippen molar-refractivity contribution in [1.82, 2.24) is 4.90 Å². The van der Waals surface area contributed by atoms with Crippen molar-refractivity contribution in [3.63, 3.8) is 0 Å². The molecule has 0 bridgehead atoms. The molecule has 3 nitrogen and oxygen atoms in total. The van der Waals surface area contributed by atoms with Crippen LogP contribution in [0.5, 0.6) is 0 Å². The van der Waals surface area contributed by atoms with Crippen LogP contribution in [0.15, 0.2) is 0 Å². The van der Waals surface area contributed by atoms with Gasteiger partial charge in [-0.15, -0.1) is 0 Å². The van der Waals surface area contributed by atoms with Gasteiger partial charge in [0.2, 0.25) is 5.91 Å². The van der Waals surface area contributed by atoms with E-state index in [-0.39, 0.29) is 17.2 Å². The van der Waals surface area contributed by atoms with Crippen molar-refractivity contribution in [2.75, 3.05) is 13.6 Å². The molecule has 0 radical (unpaired) electrons. The van der Waals surface area contributed by atoms with E-state index in [0.717, 1.165) is 25.7 Å². The van der Waals surface area contributed by atoms with E-state index in [9.17, 15) is 4.79 Å². The lowest BCUT2D eigenvalue weighted by Gasteiger charge is -2.35. The molecular formula is C13H22N2O. The predicted molar refractivity (Wildman–Crippen MR) is 63.6 cm³/mol. The van der Waals surface area contributed by atoms with Crippen LogP contribution in [-0.2, 0) is 4.79 Å². The molecule has 1 aliphatic carbocycles. The van der Waals surface area contributed by atoms with Gasteiger partial charge in [0.1, 0.15) is 0 Å². The van der Waals surface area contributed by atoms with E-state index in [1.54, 1.807) is 4.90 Å². The van der Waals surface area contributed by atoms with Gasteiger partial charge >= 0.3 is 0 Å². The van der Waals surface area contributed by atoms with Crippen LogP contribution in [0.2, 0.25) is 0 Å². The molecule has 0 aromatic heterocycles. The first-order valence-electron chi connectivity index (χ1n) is 6.15. The van der Waals surface area contributed by atoms with Gasteiger partial charge in [-0.1, -0.05) is 26.2 Å². The first kappa shape index (κ1) is 13.0. The molecule has 0 spiro atoms. The van der Waals surface area contributed by atoms with Gasteiger partial charge in [0.25, 0.3) is 0 Å². The number of amides is 1. The fourth-order valence-corrected chi connectivity index (χ4v) is 2.54. The summed E-state index contributed by atoms with van der Waals surface area (Å²) in [5.41, 5.74) is -0.178. The Morgan fingerprint density at radius 2 is 2.00 bits per heavy atom. The van der Waals surface area contributed by atoms with Gasteiger partial charge in [-0.2, -0.15) is 5.26 Å². The van der Waals surface area contributed by atoms with Crippen LogP contribution in [0.3, 0.4) is 0 Å². The molecule has 0 heterocycles. The van der Waals surface area contributed by atoms with Gasteiger partial charge < -0.3 is 4.90 Å². The summed E-state index contributed by atoms with van der Waals surface area (Å²) in [5.74, 6) is 0.135. The number of nitriles is 1. The minimum Gasteiger partial charge on any atom is -0.344 e. The Morgan fingerprint density at radius 3 is 2.50 bits per heavy atom. The summed E-state index contributed by atoms with van der Waals surface area (Å²) < 4.78 is 0. The molecule has 1 atom stereocenters. The van der Waals surface area contributed by atoms with Crippen LogP contribution < -0.4 is 0 Å². The average molecular weight is 222 g/mol. The summed E-state index contributed by atoms with van der Waals surface area (Å²) in [6.45, 7) is 4.47. The highest BCUT2D eigenvalue weighted by Crippen LogP contribution is 2.37. The summed E-state index contributed by atoms with van der Waals surface area (Å²) >= 11 is 0. The molecule has 1 saturated carbocycles. The largest absolute Gasteiger partial charge is 0.344 e. The molecule has 0 aromatic carbocycles. The molecule has 0 N–H and O–H groups in total. The molecule has 16 heavy (non-hydrogen) atoms. The number of carbonyl (C=O) groups is 1. The summed E-state index contributed by atoms with van der Waals surface area (Å²) in [7, 11) is 1.82. The maximum absolute atomic E-state index is 12.3. The van der Waals surface area contributed by atoms with Crippen molar-refractivity contribution < 1.29 is 4.79 Å². The SMILES string of the molecule is CC(C#N)CN(C)C(=O)C1(C)CCCCC1. The summed E-state index contributed by atoms with van der Waals surface area (Å²) in [4.78, 5) is 14.0. The minimum absolute atomic E-state index is 0.0823. The Hall–Kier alpha value is -1.04. The zero-order valence-corrected chi connectivity index (χ0v) is 10.6. The molecule has 0 aliphatic heterocycles. The highest BCUT2D eigenvalue weighted by molar-refractivity contribution is 5.82. The standard InChI is InChI=1S/C13H22N2O/c1-11(9-14)10-15(3)12(16)13(2)7-5-4-6-8-13/h11H,4-8,10H2,1-3H3. The van der Waals surface area contributed by atoms with Gasteiger partial charge in [0.15, 0.2) is 0 Å². The topological polar surface area (TPSA) is 44.1 Å². The molecule has 1 unspecified atom stereocenters. The third kappa shape index (κ3) is 2.98. The maximum atomic E-state index is 12.3. The van der Waals surface area contributed by atoms with Crippen molar-refractivity contribution in [2.24, 2.45) is 11.3 Å². The van der Waals surface area contributed by atoms with E-state index >= 15 is 0 Å². The van der Waals surface area contributed by atoms with Crippen molar-refractivity contribution in [3.8, 4) is 6.07 Å². The van der Waals surface area contributed by atoms with Gasteiger partial charge in [0.05, 0.1) is 12.0 Å². The number of carbonyl (C=O) groups excluding carboxylic acids is 1. The first-order valence-corrected chi connectivity index (χ1v) is 6.15. The molecule has 1 rings (SSSR count). The normalized spacial score (nSPS) is 20.9.